The fourth-order valence-electron chi connectivity index (χ4n) is 4.20. The number of carbonyl (C=O) groups excluding carboxylic acids is 2. The summed E-state index contributed by atoms with van der Waals surface area (Å²) in [6, 6.07) is 28.2. The number of para-hydroxylation sites is 1. The number of aliphatic hydroxyl groups excluding tert-OH is 1. The standard InChI is InChI=1S/C29H22N2O4/c32-27(21-10-3-1-4-11-21)25-26(31(29(34)28(25)33)19-20-9-8-16-30-18-20)22-12-7-15-24(17-22)35-23-13-5-2-6-14-23/h1-18,26,32H,19H2/b27-25-. The smallest absolute Gasteiger partial charge is 0.295 e. The third-order valence-electron chi connectivity index (χ3n) is 5.82. The van der Waals surface area contributed by atoms with E-state index in [1.807, 2.05) is 48.5 Å². The third-order valence-corrected chi connectivity index (χ3v) is 5.82. The van der Waals surface area contributed by atoms with Gasteiger partial charge in [0.2, 0.25) is 0 Å². The largest absolute Gasteiger partial charge is 0.507 e. The van der Waals surface area contributed by atoms with Gasteiger partial charge in [-0.15, -0.1) is 0 Å². The van der Waals surface area contributed by atoms with Crippen molar-refractivity contribution in [1.82, 2.24) is 9.88 Å². The van der Waals surface area contributed by atoms with Crippen molar-refractivity contribution < 1.29 is 19.4 Å². The molecule has 1 N–H and O–H groups in total. The van der Waals surface area contributed by atoms with Crippen LogP contribution in [0.1, 0.15) is 22.7 Å². The molecule has 1 fully saturated rings. The zero-order valence-electron chi connectivity index (χ0n) is 18.7. The average Bonchev–Trinajstić information content (AvgIpc) is 3.15. The predicted molar refractivity (Wildman–Crippen MR) is 131 cm³/mol. The molecule has 6 heteroatoms. The van der Waals surface area contributed by atoms with E-state index in [0.29, 0.717) is 22.6 Å². The molecule has 0 radical (unpaired) electrons. The summed E-state index contributed by atoms with van der Waals surface area (Å²) in [5.41, 5.74) is 1.94. The predicted octanol–water partition coefficient (Wildman–Crippen LogP) is 5.50. The van der Waals surface area contributed by atoms with Crippen molar-refractivity contribution in [1.29, 1.82) is 0 Å². The van der Waals surface area contributed by atoms with Gasteiger partial charge in [-0.3, -0.25) is 14.6 Å². The number of carbonyl (C=O) groups is 2. The van der Waals surface area contributed by atoms with E-state index in [1.54, 1.807) is 60.9 Å². The molecule has 1 aromatic heterocycles. The second kappa shape index (κ2) is 9.65. The van der Waals surface area contributed by atoms with E-state index in [4.69, 9.17) is 4.74 Å². The maximum absolute atomic E-state index is 13.2. The molecular weight excluding hydrogens is 440 g/mol. The van der Waals surface area contributed by atoms with Gasteiger partial charge < -0.3 is 14.7 Å². The Balaban J connectivity index is 1.61. The highest BCUT2D eigenvalue weighted by Crippen LogP contribution is 2.41. The molecule has 1 aliphatic rings. The van der Waals surface area contributed by atoms with Gasteiger partial charge in [-0.25, -0.2) is 0 Å². The highest BCUT2D eigenvalue weighted by atomic mass is 16.5. The summed E-state index contributed by atoms with van der Waals surface area (Å²) in [5.74, 6) is -0.393. The highest BCUT2D eigenvalue weighted by molar-refractivity contribution is 6.46. The minimum atomic E-state index is -0.797. The van der Waals surface area contributed by atoms with Gasteiger partial charge in [0, 0.05) is 24.5 Å². The second-order valence-corrected chi connectivity index (χ2v) is 8.14. The van der Waals surface area contributed by atoms with Crippen LogP contribution in [0.2, 0.25) is 0 Å². The molecule has 1 saturated heterocycles. The first-order chi connectivity index (χ1) is 17.1. The van der Waals surface area contributed by atoms with Crippen LogP contribution in [-0.2, 0) is 16.1 Å². The van der Waals surface area contributed by atoms with E-state index in [2.05, 4.69) is 4.98 Å². The van der Waals surface area contributed by atoms with Crippen LogP contribution in [-0.4, -0.2) is 26.7 Å². The van der Waals surface area contributed by atoms with E-state index in [0.717, 1.165) is 5.56 Å². The minimum Gasteiger partial charge on any atom is -0.507 e. The summed E-state index contributed by atoms with van der Waals surface area (Å²) in [7, 11) is 0. The lowest BCUT2D eigenvalue weighted by atomic mass is 9.95. The number of amides is 1. The lowest BCUT2D eigenvalue weighted by Crippen LogP contribution is -2.29. The van der Waals surface area contributed by atoms with Gasteiger partial charge in [-0.2, -0.15) is 0 Å². The quantitative estimate of drug-likeness (QED) is 0.233. The molecule has 0 spiro atoms. The van der Waals surface area contributed by atoms with Gasteiger partial charge in [0.05, 0.1) is 11.6 Å². The number of ether oxygens (including phenoxy) is 1. The van der Waals surface area contributed by atoms with Crippen molar-refractivity contribution in [3.63, 3.8) is 0 Å². The molecule has 2 heterocycles. The van der Waals surface area contributed by atoms with E-state index in [1.165, 1.54) is 4.90 Å². The maximum Gasteiger partial charge on any atom is 0.295 e. The first-order valence-electron chi connectivity index (χ1n) is 11.2. The van der Waals surface area contributed by atoms with Crippen molar-refractivity contribution in [2.75, 3.05) is 0 Å². The van der Waals surface area contributed by atoms with E-state index < -0.39 is 17.7 Å². The van der Waals surface area contributed by atoms with Crippen LogP contribution in [0.5, 0.6) is 11.5 Å². The Morgan fingerprint density at radius 1 is 0.857 bits per heavy atom. The average molecular weight is 463 g/mol. The van der Waals surface area contributed by atoms with Gasteiger partial charge >= 0.3 is 0 Å². The molecule has 0 saturated carbocycles. The Morgan fingerprint density at radius 3 is 2.29 bits per heavy atom. The molecule has 4 aromatic rings. The van der Waals surface area contributed by atoms with Crippen LogP contribution in [0, 0.1) is 0 Å². The molecule has 1 atom stereocenters. The van der Waals surface area contributed by atoms with Gasteiger partial charge in [0.1, 0.15) is 17.3 Å². The number of nitrogens with zero attached hydrogens (tertiary/aromatic N) is 2. The lowest BCUT2D eigenvalue weighted by Gasteiger charge is -2.25. The van der Waals surface area contributed by atoms with Crippen molar-refractivity contribution in [3.8, 4) is 11.5 Å². The molecule has 0 bridgehead atoms. The normalized spacial score (nSPS) is 16.9. The zero-order valence-corrected chi connectivity index (χ0v) is 18.7. The number of aromatic nitrogens is 1. The number of ketones is 1. The van der Waals surface area contributed by atoms with Crippen molar-refractivity contribution in [2.24, 2.45) is 0 Å². The number of likely N-dealkylation sites (tertiary alicyclic amines) is 1. The summed E-state index contributed by atoms with van der Waals surface area (Å²) >= 11 is 0. The van der Waals surface area contributed by atoms with Crippen LogP contribution in [0.25, 0.3) is 5.76 Å². The molecular formula is C29H22N2O4. The number of hydrogen-bond acceptors (Lipinski definition) is 5. The Morgan fingerprint density at radius 2 is 1.57 bits per heavy atom. The molecule has 1 amide bonds. The van der Waals surface area contributed by atoms with Gasteiger partial charge in [0.15, 0.2) is 0 Å². The van der Waals surface area contributed by atoms with E-state index in [-0.39, 0.29) is 17.9 Å². The van der Waals surface area contributed by atoms with E-state index in [9.17, 15) is 14.7 Å². The molecule has 6 nitrogen and oxygen atoms in total. The first kappa shape index (κ1) is 22.1. The zero-order chi connectivity index (χ0) is 24.2. The molecule has 1 aliphatic heterocycles. The molecule has 1 unspecified atom stereocenters. The van der Waals surface area contributed by atoms with Crippen molar-refractivity contribution in [3.05, 3.63) is 132 Å². The topological polar surface area (TPSA) is 79.7 Å². The minimum absolute atomic E-state index is 0.0435. The number of hydrogen-bond donors (Lipinski definition) is 1. The Kier molecular flexibility index (Phi) is 6.09. The summed E-state index contributed by atoms with van der Waals surface area (Å²) < 4.78 is 5.99. The SMILES string of the molecule is O=C1C(=O)N(Cc2cccnc2)C(c2cccc(Oc3ccccc3)c2)/C1=C(/O)c1ccccc1. The van der Waals surface area contributed by atoms with Crippen LogP contribution in [0.3, 0.4) is 0 Å². The van der Waals surface area contributed by atoms with Crippen molar-refractivity contribution in [2.45, 2.75) is 12.6 Å². The number of aliphatic hydroxyl groups is 1. The second-order valence-electron chi connectivity index (χ2n) is 8.14. The highest BCUT2D eigenvalue weighted by Gasteiger charge is 2.46. The van der Waals surface area contributed by atoms with E-state index >= 15 is 0 Å². The Bertz CT molecular complexity index is 1390. The fraction of sp³-hybridized carbons (Fsp3) is 0.0690. The lowest BCUT2D eigenvalue weighted by molar-refractivity contribution is -0.140. The molecule has 35 heavy (non-hydrogen) atoms. The summed E-state index contributed by atoms with van der Waals surface area (Å²) in [4.78, 5) is 32.0. The molecule has 3 aromatic carbocycles. The van der Waals surface area contributed by atoms with Crippen LogP contribution >= 0.6 is 0 Å². The third kappa shape index (κ3) is 4.54. The maximum atomic E-state index is 13.2. The fourth-order valence-corrected chi connectivity index (χ4v) is 4.20. The van der Waals surface area contributed by atoms with Gasteiger partial charge in [0.25, 0.3) is 11.7 Å². The molecule has 5 rings (SSSR count). The summed E-state index contributed by atoms with van der Waals surface area (Å²) in [5, 5.41) is 11.2. The molecule has 0 aliphatic carbocycles. The monoisotopic (exact) mass is 462 g/mol. The van der Waals surface area contributed by atoms with Crippen LogP contribution in [0.4, 0.5) is 0 Å². The molecule has 172 valence electrons. The number of Topliss-reactive ketones (excluding diaryl/α,β-unsaturated/α-hetero) is 1. The number of rotatable bonds is 6. The van der Waals surface area contributed by atoms with Crippen molar-refractivity contribution >= 4 is 17.4 Å². The summed E-state index contributed by atoms with van der Waals surface area (Å²) in [6.07, 6.45) is 3.30. The van der Waals surface area contributed by atoms with Gasteiger partial charge in [-0.05, 0) is 41.5 Å². The Hall–Kier alpha value is -4.71. The number of pyridine rings is 1. The number of benzene rings is 3. The van der Waals surface area contributed by atoms with Crippen LogP contribution < -0.4 is 4.74 Å². The van der Waals surface area contributed by atoms with Crippen LogP contribution in [0.15, 0.2) is 115 Å². The van der Waals surface area contributed by atoms with Gasteiger partial charge in [-0.1, -0.05) is 66.7 Å². The first-order valence-corrected chi connectivity index (χ1v) is 11.2. The Labute approximate surface area is 202 Å². The summed E-state index contributed by atoms with van der Waals surface area (Å²) in [6.45, 7) is 0.165.